The molecule has 0 unspecified atom stereocenters. The molecule has 1 aromatic heterocycles. The Hall–Kier alpha value is -1.09. The van der Waals surface area contributed by atoms with Crippen LogP contribution < -0.4 is 5.73 Å². The van der Waals surface area contributed by atoms with E-state index >= 15 is 0 Å². The number of primary amides is 1. The van der Waals surface area contributed by atoms with Crippen LogP contribution in [0.5, 0.6) is 0 Å². The van der Waals surface area contributed by atoms with Crippen molar-refractivity contribution in [2.45, 2.75) is 18.7 Å². The molecule has 13 heavy (non-hydrogen) atoms. The van der Waals surface area contributed by atoms with Gasteiger partial charge in [0.05, 0.1) is 11.3 Å². The van der Waals surface area contributed by atoms with Gasteiger partial charge in [0.25, 0.3) is 5.91 Å². The van der Waals surface area contributed by atoms with Crippen molar-refractivity contribution in [3.8, 4) is 0 Å². The summed E-state index contributed by atoms with van der Waals surface area (Å²) >= 11 is 5.80. The lowest BCUT2D eigenvalue weighted by molar-refractivity contribution is 0.0999. The van der Waals surface area contributed by atoms with E-state index in [0.29, 0.717) is 17.7 Å². The number of amides is 1. The zero-order valence-corrected chi connectivity index (χ0v) is 8.08. The van der Waals surface area contributed by atoms with Gasteiger partial charge in [0.15, 0.2) is 0 Å². The maximum absolute atomic E-state index is 10.9. The third kappa shape index (κ3) is 2.70. The van der Waals surface area contributed by atoms with Crippen LogP contribution in [-0.4, -0.2) is 16.3 Å². The van der Waals surface area contributed by atoms with Crippen LogP contribution in [-0.2, 0) is 6.42 Å². The molecule has 0 saturated carbocycles. The molecule has 1 atom stereocenters. The molecule has 1 heterocycles. The average molecular weight is 199 g/mol. The number of nitrogens with two attached hydrogens (primary N) is 1. The lowest BCUT2D eigenvalue weighted by Gasteiger charge is -2.05. The third-order valence-corrected chi connectivity index (χ3v) is 1.78. The minimum absolute atomic E-state index is 0.0481. The van der Waals surface area contributed by atoms with Crippen molar-refractivity contribution in [1.29, 1.82) is 0 Å². The minimum atomic E-state index is -0.458. The van der Waals surface area contributed by atoms with E-state index in [2.05, 4.69) is 4.98 Å². The van der Waals surface area contributed by atoms with E-state index in [9.17, 15) is 4.79 Å². The first kappa shape index (κ1) is 9.99. The van der Waals surface area contributed by atoms with Gasteiger partial charge in [0.1, 0.15) is 0 Å². The molecule has 0 aliphatic heterocycles. The Bertz CT molecular complexity index is 312. The van der Waals surface area contributed by atoms with Crippen LogP contribution in [0, 0.1) is 0 Å². The smallest absolute Gasteiger partial charge is 0.250 e. The SMILES string of the molecule is C[C@H](Cl)Cc1ncccc1C(N)=O. The van der Waals surface area contributed by atoms with Gasteiger partial charge in [-0.3, -0.25) is 9.78 Å². The van der Waals surface area contributed by atoms with Gasteiger partial charge in [-0.15, -0.1) is 11.6 Å². The van der Waals surface area contributed by atoms with Crippen LogP contribution in [0.4, 0.5) is 0 Å². The molecule has 1 rings (SSSR count). The van der Waals surface area contributed by atoms with Crippen LogP contribution in [0.1, 0.15) is 23.0 Å². The molecule has 70 valence electrons. The predicted molar refractivity (Wildman–Crippen MR) is 51.8 cm³/mol. The lowest BCUT2D eigenvalue weighted by atomic mass is 10.1. The van der Waals surface area contributed by atoms with E-state index in [1.807, 2.05) is 6.92 Å². The van der Waals surface area contributed by atoms with E-state index < -0.39 is 5.91 Å². The summed E-state index contributed by atoms with van der Waals surface area (Å²) in [6.07, 6.45) is 2.18. The van der Waals surface area contributed by atoms with Gasteiger partial charge in [-0.05, 0) is 19.1 Å². The number of rotatable bonds is 3. The first-order chi connectivity index (χ1) is 6.11. The first-order valence-electron chi connectivity index (χ1n) is 3.99. The quantitative estimate of drug-likeness (QED) is 0.746. The van der Waals surface area contributed by atoms with Crippen molar-refractivity contribution >= 4 is 17.5 Å². The van der Waals surface area contributed by atoms with Gasteiger partial charge >= 0.3 is 0 Å². The van der Waals surface area contributed by atoms with Crippen molar-refractivity contribution in [2.24, 2.45) is 5.73 Å². The van der Waals surface area contributed by atoms with E-state index in [4.69, 9.17) is 17.3 Å². The van der Waals surface area contributed by atoms with Gasteiger partial charge in [-0.1, -0.05) is 0 Å². The monoisotopic (exact) mass is 198 g/mol. The summed E-state index contributed by atoms with van der Waals surface area (Å²) in [7, 11) is 0. The largest absolute Gasteiger partial charge is 0.366 e. The zero-order chi connectivity index (χ0) is 9.84. The molecule has 0 aliphatic carbocycles. The normalized spacial score (nSPS) is 12.5. The van der Waals surface area contributed by atoms with Crippen molar-refractivity contribution in [2.75, 3.05) is 0 Å². The average Bonchev–Trinajstić information content (AvgIpc) is 2.03. The second-order valence-corrected chi connectivity index (χ2v) is 3.59. The maximum Gasteiger partial charge on any atom is 0.250 e. The third-order valence-electron chi connectivity index (χ3n) is 1.63. The number of hydrogen-bond donors (Lipinski definition) is 1. The Kier molecular flexibility index (Phi) is 3.25. The summed E-state index contributed by atoms with van der Waals surface area (Å²) in [4.78, 5) is 15.0. The van der Waals surface area contributed by atoms with Crippen molar-refractivity contribution in [3.05, 3.63) is 29.6 Å². The van der Waals surface area contributed by atoms with E-state index in [1.165, 1.54) is 0 Å². The molecular weight excluding hydrogens is 188 g/mol. The second-order valence-electron chi connectivity index (χ2n) is 2.85. The number of nitrogens with zero attached hydrogens (tertiary/aromatic N) is 1. The molecule has 0 fully saturated rings. The molecule has 0 radical (unpaired) electrons. The molecular formula is C9H11ClN2O. The second kappa shape index (κ2) is 4.23. The Morgan fingerprint density at radius 1 is 1.77 bits per heavy atom. The Morgan fingerprint density at radius 2 is 2.46 bits per heavy atom. The van der Waals surface area contributed by atoms with Crippen LogP contribution >= 0.6 is 11.6 Å². The highest BCUT2D eigenvalue weighted by Gasteiger charge is 2.10. The molecule has 3 nitrogen and oxygen atoms in total. The van der Waals surface area contributed by atoms with E-state index in [1.54, 1.807) is 18.3 Å². The fourth-order valence-electron chi connectivity index (χ4n) is 1.09. The van der Waals surface area contributed by atoms with Gasteiger partial charge in [-0.25, -0.2) is 0 Å². The fraction of sp³-hybridized carbons (Fsp3) is 0.333. The minimum Gasteiger partial charge on any atom is -0.366 e. The fourth-order valence-corrected chi connectivity index (χ4v) is 1.24. The Balaban J connectivity index is 2.98. The molecule has 1 aromatic rings. The number of carbonyl (C=O) groups excluding carboxylic acids is 1. The predicted octanol–water partition coefficient (Wildman–Crippen LogP) is 1.35. The standard InChI is InChI=1S/C9H11ClN2O/c1-6(10)5-8-7(9(11)13)3-2-4-12-8/h2-4,6H,5H2,1H3,(H2,11,13)/t6-/m0/s1. The molecule has 0 bridgehead atoms. The summed E-state index contributed by atoms with van der Waals surface area (Å²) in [5.41, 5.74) is 6.29. The molecule has 1 amide bonds. The molecule has 4 heteroatoms. The molecule has 0 spiro atoms. The molecule has 0 aliphatic rings. The van der Waals surface area contributed by atoms with Crippen molar-refractivity contribution in [3.63, 3.8) is 0 Å². The van der Waals surface area contributed by atoms with E-state index in [-0.39, 0.29) is 5.38 Å². The van der Waals surface area contributed by atoms with Crippen molar-refractivity contribution < 1.29 is 4.79 Å². The van der Waals surface area contributed by atoms with Gasteiger partial charge in [0, 0.05) is 18.0 Å². The maximum atomic E-state index is 10.9. The van der Waals surface area contributed by atoms with Gasteiger partial charge in [0.2, 0.25) is 0 Å². The topological polar surface area (TPSA) is 56.0 Å². The van der Waals surface area contributed by atoms with Crippen LogP contribution in [0.15, 0.2) is 18.3 Å². The Morgan fingerprint density at radius 3 is 3.00 bits per heavy atom. The highest BCUT2D eigenvalue weighted by molar-refractivity contribution is 6.20. The lowest BCUT2D eigenvalue weighted by Crippen LogP contribution is -2.16. The summed E-state index contributed by atoms with van der Waals surface area (Å²) < 4.78 is 0. The molecule has 0 saturated heterocycles. The Labute approximate surface area is 81.9 Å². The molecule has 2 N–H and O–H groups in total. The number of alkyl halides is 1. The van der Waals surface area contributed by atoms with Crippen LogP contribution in [0.2, 0.25) is 0 Å². The number of carbonyl (C=O) groups is 1. The summed E-state index contributed by atoms with van der Waals surface area (Å²) in [6.45, 7) is 1.85. The number of aromatic nitrogens is 1. The van der Waals surface area contributed by atoms with E-state index in [0.717, 1.165) is 0 Å². The summed E-state index contributed by atoms with van der Waals surface area (Å²) in [5.74, 6) is -0.458. The highest BCUT2D eigenvalue weighted by atomic mass is 35.5. The summed E-state index contributed by atoms with van der Waals surface area (Å²) in [6, 6.07) is 3.34. The molecule has 0 aromatic carbocycles. The van der Waals surface area contributed by atoms with Crippen LogP contribution in [0.3, 0.4) is 0 Å². The highest BCUT2D eigenvalue weighted by Crippen LogP contribution is 2.09. The van der Waals surface area contributed by atoms with Gasteiger partial charge in [-0.2, -0.15) is 0 Å². The number of halogens is 1. The van der Waals surface area contributed by atoms with Crippen LogP contribution in [0.25, 0.3) is 0 Å². The number of pyridine rings is 1. The first-order valence-corrected chi connectivity index (χ1v) is 4.42. The zero-order valence-electron chi connectivity index (χ0n) is 7.33. The summed E-state index contributed by atoms with van der Waals surface area (Å²) in [5, 5.41) is -0.0481. The van der Waals surface area contributed by atoms with Gasteiger partial charge < -0.3 is 5.73 Å². The number of hydrogen-bond acceptors (Lipinski definition) is 2. The van der Waals surface area contributed by atoms with Crippen molar-refractivity contribution in [1.82, 2.24) is 4.98 Å².